The highest BCUT2D eigenvalue weighted by Gasteiger charge is 2.08. The predicted molar refractivity (Wildman–Crippen MR) is 107 cm³/mol. The first kappa shape index (κ1) is 26.7. The zero-order valence-corrected chi connectivity index (χ0v) is 16.9. The maximum absolute atomic E-state index is 11.0. The van der Waals surface area contributed by atoms with Crippen LogP contribution < -0.4 is 0 Å². The number of thiol groups is 1. The molecule has 0 bridgehead atoms. The molecule has 0 aliphatic heterocycles. The molecule has 0 aliphatic carbocycles. The Morgan fingerprint density at radius 1 is 1.08 bits per heavy atom. The van der Waals surface area contributed by atoms with Crippen LogP contribution in [-0.4, -0.2) is 23.9 Å². The van der Waals surface area contributed by atoms with Crippen LogP contribution in [0, 0.1) is 13.8 Å². The van der Waals surface area contributed by atoms with Crippen molar-refractivity contribution in [2.24, 2.45) is 0 Å². The fourth-order valence-electron chi connectivity index (χ4n) is 1.21. The molecule has 26 heavy (non-hydrogen) atoms. The standard InChI is InChI=1S/C8H10O3S.C5H6OS.C3H5ClO2.CH4/c1-3-10-8(9)12-7-4-5-11-6(7)2;1-4-5(7)2-3-6-4;1-2-6-3(4)5;/h4-5H,3H2,1-2H3;2-3,7H,1H3;2H2,1H3;1H4. The Bertz CT molecular complexity index is 622. The zero-order valence-electron chi connectivity index (χ0n) is 14.4. The lowest BCUT2D eigenvalue weighted by molar-refractivity contribution is 0.179. The summed E-state index contributed by atoms with van der Waals surface area (Å²) in [5.41, 5.74) is -0.738. The van der Waals surface area contributed by atoms with Crippen molar-refractivity contribution < 1.29 is 27.9 Å². The summed E-state index contributed by atoms with van der Waals surface area (Å²) in [6, 6.07) is 3.56. The molecule has 9 heteroatoms. The third-order valence-electron chi connectivity index (χ3n) is 2.36. The summed E-state index contributed by atoms with van der Waals surface area (Å²) in [6.07, 6.45) is 3.18. The Hall–Kier alpha value is -1.51. The number of aryl methyl sites for hydroxylation is 2. The lowest BCUT2D eigenvalue weighted by Gasteiger charge is -1.98. The molecule has 0 aliphatic rings. The Labute approximate surface area is 169 Å². The van der Waals surface area contributed by atoms with Crippen LogP contribution in [0.5, 0.6) is 0 Å². The largest absolute Gasteiger partial charge is 0.468 e. The normalized spacial score (nSPS) is 8.85. The van der Waals surface area contributed by atoms with Crippen molar-refractivity contribution in [2.75, 3.05) is 13.2 Å². The van der Waals surface area contributed by atoms with Gasteiger partial charge in [0, 0.05) is 16.5 Å². The number of carbonyl (C=O) groups excluding carboxylic acids is 2. The topological polar surface area (TPSA) is 78.9 Å². The molecule has 0 aromatic carbocycles. The molecule has 0 N–H and O–H groups in total. The van der Waals surface area contributed by atoms with Gasteiger partial charge in [0.2, 0.25) is 0 Å². The van der Waals surface area contributed by atoms with Gasteiger partial charge in [0.25, 0.3) is 0 Å². The molecule has 0 saturated heterocycles. The Morgan fingerprint density at radius 3 is 1.88 bits per heavy atom. The minimum Gasteiger partial charge on any atom is -0.468 e. The first-order valence-corrected chi connectivity index (χ1v) is 8.89. The number of carbonyl (C=O) groups is 2. The molecule has 0 fully saturated rings. The molecule has 0 spiro atoms. The molecule has 0 amide bonds. The fraction of sp³-hybridized carbons (Fsp3) is 0.412. The van der Waals surface area contributed by atoms with Crippen LogP contribution in [0.15, 0.2) is 43.3 Å². The van der Waals surface area contributed by atoms with Crippen molar-refractivity contribution in [2.45, 2.75) is 44.9 Å². The summed E-state index contributed by atoms with van der Waals surface area (Å²) in [6.45, 7) is 7.91. The lowest BCUT2D eigenvalue weighted by atomic mass is 10.5. The molecule has 2 aromatic heterocycles. The predicted octanol–water partition coefficient (Wildman–Crippen LogP) is 6.73. The van der Waals surface area contributed by atoms with Gasteiger partial charge in [-0.15, -0.1) is 12.6 Å². The highest BCUT2D eigenvalue weighted by Crippen LogP contribution is 2.24. The number of hydrogen-bond acceptors (Lipinski definition) is 8. The summed E-state index contributed by atoms with van der Waals surface area (Å²) in [5.74, 6) is 1.62. The summed E-state index contributed by atoms with van der Waals surface area (Å²) in [5, 5.41) is -0.290. The van der Waals surface area contributed by atoms with Crippen molar-refractivity contribution in [3.63, 3.8) is 0 Å². The lowest BCUT2D eigenvalue weighted by Crippen LogP contribution is -1.95. The third-order valence-corrected chi connectivity index (χ3v) is 3.86. The van der Waals surface area contributed by atoms with Crippen molar-refractivity contribution >= 4 is 46.7 Å². The van der Waals surface area contributed by atoms with E-state index < -0.39 is 5.43 Å². The van der Waals surface area contributed by atoms with Gasteiger partial charge in [0.1, 0.15) is 11.5 Å². The van der Waals surface area contributed by atoms with E-state index in [1.165, 1.54) is 0 Å². The van der Waals surface area contributed by atoms with Crippen LogP contribution in [-0.2, 0) is 9.47 Å². The SMILES string of the molecule is C.CCOC(=O)Cl.CCOC(=O)Sc1ccoc1C.Cc1occc1S. The third kappa shape index (κ3) is 12.8. The molecule has 2 aromatic rings. The fourth-order valence-corrected chi connectivity index (χ4v) is 2.10. The summed E-state index contributed by atoms with van der Waals surface area (Å²) >= 11 is 9.82. The molecule has 0 saturated carbocycles. The average molecular weight is 425 g/mol. The molecule has 148 valence electrons. The van der Waals surface area contributed by atoms with Crippen molar-refractivity contribution in [1.82, 2.24) is 0 Å². The molecule has 0 unspecified atom stereocenters. The van der Waals surface area contributed by atoms with Crippen molar-refractivity contribution in [3.8, 4) is 0 Å². The molecular weight excluding hydrogens is 400 g/mol. The smallest absolute Gasteiger partial charge is 0.403 e. The Morgan fingerprint density at radius 2 is 1.62 bits per heavy atom. The van der Waals surface area contributed by atoms with E-state index in [1.807, 2.05) is 19.9 Å². The van der Waals surface area contributed by atoms with E-state index in [0.29, 0.717) is 13.2 Å². The minimum absolute atomic E-state index is 0. The average Bonchev–Trinajstić information content (AvgIpc) is 3.10. The monoisotopic (exact) mass is 424 g/mol. The molecule has 2 heterocycles. The van der Waals surface area contributed by atoms with E-state index in [4.69, 9.17) is 25.2 Å². The van der Waals surface area contributed by atoms with Gasteiger partial charge in [-0.1, -0.05) is 7.43 Å². The van der Waals surface area contributed by atoms with Crippen LogP contribution in [0.25, 0.3) is 0 Å². The first-order chi connectivity index (χ1) is 11.8. The van der Waals surface area contributed by atoms with Crippen LogP contribution in [0.4, 0.5) is 9.59 Å². The first-order valence-electron chi connectivity index (χ1n) is 7.25. The number of rotatable bonds is 3. The van der Waals surface area contributed by atoms with E-state index in [-0.39, 0.29) is 12.7 Å². The minimum atomic E-state index is -0.738. The highest BCUT2D eigenvalue weighted by molar-refractivity contribution is 8.13. The van der Waals surface area contributed by atoms with Gasteiger partial charge in [-0.05, 0) is 51.6 Å². The van der Waals surface area contributed by atoms with Gasteiger partial charge in [-0.3, -0.25) is 0 Å². The second-order valence-electron chi connectivity index (χ2n) is 4.16. The highest BCUT2D eigenvalue weighted by atomic mass is 35.5. The van der Waals surface area contributed by atoms with Crippen LogP contribution in [0.3, 0.4) is 0 Å². The maximum Gasteiger partial charge on any atom is 0.403 e. The summed E-state index contributed by atoms with van der Waals surface area (Å²) in [4.78, 5) is 22.3. The zero-order chi connectivity index (χ0) is 19.2. The van der Waals surface area contributed by atoms with Crippen molar-refractivity contribution in [3.05, 3.63) is 36.2 Å². The molecule has 2 rings (SSSR count). The Kier molecular flexibility index (Phi) is 16.2. The molecule has 0 atom stereocenters. The van der Waals surface area contributed by atoms with E-state index in [9.17, 15) is 9.59 Å². The van der Waals surface area contributed by atoms with E-state index in [2.05, 4.69) is 17.4 Å². The maximum atomic E-state index is 11.0. The van der Waals surface area contributed by atoms with Crippen LogP contribution in [0.2, 0.25) is 0 Å². The van der Waals surface area contributed by atoms with Gasteiger partial charge in [-0.2, -0.15) is 0 Å². The molecule has 6 nitrogen and oxygen atoms in total. The van der Waals surface area contributed by atoms with Gasteiger partial charge in [-0.25, -0.2) is 9.59 Å². The van der Waals surface area contributed by atoms with Gasteiger partial charge in [0.15, 0.2) is 0 Å². The quantitative estimate of drug-likeness (QED) is 0.253. The molecule has 0 radical (unpaired) electrons. The van der Waals surface area contributed by atoms with Crippen LogP contribution in [0.1, 0.15) is 32.8 Å². The number of ether oxygens (including phenoxy) is 2. The summed E-state index contributed by atoms with van der Waals surface area (Å²) < 4.78 is 18.8. The van der Waals surface area contributed by atoms with Crippen LogP contribution >= 0.6 is 36.0 Å². The number of halogens is 1. The number of thioether (sulfide) groups is 1. The number of hydrogen-bond donors (Lipinski definition) is 1. The van der Waals surface area contributed by atoms with Crippen molar-refractivity contribution in [1.29, 1.82) is 0 Å². The van der Waals surface area contributed by atoms with E-state index >= 15 is 0 Å². The second kappa shape index (κ2) is 15.7. The summed E-state index contributed by atoms with van der Waals surface area (Å²) in [7, 11) is 0. The van der Waals surface area contributed by atoms with Gasteiger partial charge in [0.05, 0.1) is 30.6 Å². The number of furan rings is 2. The second-order valence-corrected chi connectivity index (χ2v) is 5.93. The molecular formula is C17H25ClO6S2. The van der Waals surface area contributed by atoms with Gasteiger partial charge < -0.3 is 18.3 Å². The van der Waals surface area contributed by atoms with E-state index in [0.717, 1.165) is 33.1 Å². The van der Waals surface area contributed by atoms with Gasteiger partial charge >= 0.3 is 10.7 Å². The van der Waals surface area contributed by atoms with E-state index in [1.54, 1.807) is 32.4 Å². The Balaban J connectivity index is 0.